The van der Waals surface area contributed by atoms with Crippen molar-refractivity contribution in [3.05, 3.63) is 28.2 Å². The summed E-state index contributed by atoms with van der Waals surface area (Å²) in [5.74, 6) is 1.20. The van der Waals surface area contributed by atoms with Crippen molar-refractivity contribution in [2.24, 2.45) is 5.92 Å². The molecule has 0 radical (unpaired) electrons. The van der Waals surface area contributed by atoms with Gasteiger partial charge in [0.25, 0.3) is 0 Å². The Labute approximate surface area is 129 Å². The lowest BCUT2D eigenvalue weighted by Gasteiger charge is -2.33. The van der Waals surface area contributed by atoms with E-state index >= 15 is 0 Å². The third-order valence-electron chi connectivity index (χ3n) is 4.16. The minimum absolute atomic E-state index is 0.264. The Morgan fingerprint density at radius 2 is 2.05 bits per heavy atom. The van der Waals surface area contributed by atoms with E-state index in [4.69, 9.17) is 10.00 Å². The zero-order valence-corrected chi connectivity index (χ0v) is 13.7. The van der Waals surface area contributed by atoms with Crippen molar-refractivity contribution in [3.8, 4) is 11.8 Å². The highest BCUT2D eigenvalue weighted by Gasteiger charge is 2.24. The van der Waals surface area contributed by atoms with Gasteiger partial charge in [-0.1, -0.05) is 15.9 Å². The summed E-state index contributed by atoms with van der Waals surface area (Å²) in [5, 5.41) is 8.96. The minimum atomic E-state index is 0.264. The molecule has 0 atom stereocenters. The van der Waals surface area contributed by atoms with Crippen LogP contribution in [0.4, 0.5) is 0 Å². The first-order valence-electron chi connectivity index (χ1n) is 7.06. The normalized spacial score (nSPS) is 22.6. The first-order chi connectivity index (χ1) is 9.63. The molecular weight excluding hydrogens is 316 g/mol. The van der Waals surface area contributed by atoms with E-state index in [2.05, 4.69) is 40.0 Å². The van der Waals surface area contributed by atoms with E-state index in [1.165, 1.54) is 5.56 Å². The molecule has 1 aliphatic carbocycles. The van der Waals surface area contributed by atoms with Crippen molar-refractivity contribution >= 4 is 15.9 Å². The van der Waals surface area contributed by atoms with Crippen molar-refractivity contribution < 1.29 is 4.74 Å². The first kappa shape index (κ1) is 15.3. The molecular formula is C16H21BrN2O. The van der Waals surface area contributed by atoms with Gasteiger partial charge < -0.3 is 4.74 Å². The third-order valence-corrected chi connectivity index (χ3v) is 4.66. The Morgan fingerprint density at radius 1 is 1.35 bits per heavy atom. The Kier molecular flexibility index (Phi) is 5.45. The molecule has 0 saturated heterocycles. The number of nitrogens with zero attached hydrogens (tertiary/aromatic N) is 2. The number of nitriles is 1. The van der Waals surface area contributed by atoms with Crippen LogP contribution in [0.25, 0.3) is 0 Å². The van der Waals surface area contributed by atoms with Gasteiger partial charge in [-0.05, 0) is 50.9 Å². The summed E-state index contributed by atoms with van der Waals surface area (Å²) in [4.78, 5) is 2.39. The van der Waals surface area contributed by atoms with E-state index in [-0.39, 0.29) is 5.92 Å². The van der Waals surface area contributed by atoms with E-state index in [9.17, 15) is 0 Å². The number of methoxy groups -OCH3 is 1. The molecule has 1 aromatic carbocycles. The molecule has 1 aromatic rings. The Morgan fingerprint density at radius 3 is 2.65 bits per heavy atom. The van der Waals surface area contributed by atoms with Gasteiger partial charge in [-0.15, -0.1) is 0 Å². The lowest BCUT2D eigenvalue weighted by molar-refractivity contribution is 0.170. The van der Waals surface area contributed by atoms with Crippen molar-refractivity contribution in [1.29, 1.82) is 5.26 Å². The molecule has 3 nitrogen and oxygen atoms in total. The zero-order chi connectivity index (χ0) is 14.5. The van der Waals surface area contributed by atoms with Gasteiger partial charge in [0.15, 0.2) is 0 Å². The fourth-order valence-electron chi connectivity index (χ4n) is 2.91. The lowest BCUT2D eigenvalue weighted by atomic mass is 9.86. The van der Waals surface area contributed by atoms with Gasteiger partial charge in [0.05, 0.1) is 13.2 Å². The fraction of sp³-hybridized carbons (Fsp3) is 0.562. The van der Waals surface area contributed by atoms with E-state index in [0.29, 0.717) is 6.04 Å². The van der Waals surface area contributed by atoms with E-state index in [1.807, 2.05) is 12.1 Å². The summed E-state index contributed by atoms with van der Waals surface area (Å²) in [5.41, 5.74) is 1.20. The minimum Gasteiger partial charge on any atom is -0.496 e. The number of ether oxygens (including phenoxy) is 1. The molecule has 0 heterocycles. The topological polar surface area (TPSA) is 36.3 Å². The molecule has 0 bridgehead atoms. The van der Waals surface area contributed by atoms with Crippen LogP contribution in [0, 0.1) is 17.2 Å². The number of hydrogen-bond donors (Lipinski definition) is 0. The van der Waals surface area contributed by atoms with Crippen LogP contribution in [0.5, 0.6) is 5.75 Å². The highest BCUT2D eigenvalue weighted by Crippen LogP contribution is 2.29. The maximum Gasteiger partial charge on any atom is 0.123 e. The summed E-state index contributed by atoms with van der Waals surface area (Å²) in [6.45, 7) is 0.879. The maximum atomic E-state index is 8.96. The number of rotatable bonds is 4. The van der Waals surface area contributed by atoms with Crippen LogP contribution in [0.15, 0.2) is 22.7 Å². The molecule has 0 unspecified atom stereocenters. The summed E-state index contributed by atoms with van der Waals surface area (Å²) >= 11 is 3.52. The Bertz CT molecular complexity index is 490. The van der Waals surface area contributed by atoms with Crippen LogP contribution in [-0.2, 0) is 6.54 Å². The summed E-state index contributed by atoms with van der Waals surface area (Å²) < 4.78 is 6.51. The maximum absolute atomic E-state index is 8.96. The van der Waals surface area contributed by atoms with E-state index in [1.54, 1.807) is 7.11 Å². The number of hydrogen-bond acceptors (Lipinski definition) is 3. The predicted molar refractivity (Wildman–Crippen MR) is 83.5 cm³/mol. The molecule has 0 aromatic heterocycles. The standard InChI is InChI=1S/C16H21BrN2O/c1-19(15-6-3-12(10-18)4-7-15)11-13-9-14(17)5-8-16(13)20-2/h5,8-9,12,15H,3-4,6-7,11H2,1-2H3. The van der Waals surface area contributed by atoms with Gasteiger partial charge in [0, 0.05) is 28.5 Å². The molecule has 4 heteroatoms. The fourth-order valence-corrected chi connectivity index (χ4v) is 3.32. The molecule has 1 fully saturated rings. The van der Waals surface area contributed by atoms with Gasteiger partial charge in [0.1, 0.15) is 5.75 Å². The van der Waals surface area contributed by atoms with Gasteiger partial charge >= 0.3 is 0 Å². The molecule has 2 rings (SSSR count). The summed E-state index contributed by atoms with van der Waals surface area (Å²) in [6, 6.07) is 9.09. The lowest BCUT2D eigenvalue weighted by Crippen LogP contribution is -2.34. The molecule has 0 spiro atoms. The monoisotopic (exact) mass is 336 g/mol. The largest absolute Gasteiger partial charge is 0.496 e. The second-order valence-electron chi connectivity index (χ2n) is 5.51. The van der Waals surface area contributed by atoms with Gasteiger partial charge in [-0.25, -0.2) is 0 Å². The van der Waals surface area contributed by atoms with Crippen molar-refractivity contribution in [2.75, 3.05) is 14.2 Å². The SMILES string of the molecule is COc1ccc(Br)cc1CN(C)C1CCC(C#N)CC1. The molecule has 0 N–H and O–H groups in total. The van der Waals surface area contributed by atoms with Crippen molar-refractivity contribution in [3.63, 3.8) is 0 Å². The molecule has 108 valence electrons. The van der Waals surface area contributed by atoms with E-state index in [0.717, 1.165) is 42.5 Å². The van der Waals surface area contributed by atoms with Crippen LogP contribution >= 0.6 is 15.9 Å². The van der Waals surface area contributed by atoms with Crippen molar-refractivity contribution in [1.82, 2.24) is 4.90 Å². The predicted octanol–water partition coefficient (Wildman–Crippen LogP) is 3.97. The Balaban J connectivity index is 2.00. The van der Waals surface area contributed by atoms with Crippen LogP contribution in [0.1, 0.15) is 31.2 Å². The molecule has 1 aliphatic rings. The number of benzene rings is 1. The van der Waals surface area contributed by atoms with Crippen LogP contribution in [-0.4, -0.2) is 25.1 Å². The van der Waals surface area contributed by atoms with Crippen LogP contribution in [0.3, 0.4) is 0 Å². The molecule has 1 saturated carbocycles. The van der Waals surface area contributed by atoms with Gasteiger partial charge in [0.2, 0.25) is 0 Å². The zero-order valence-electron chi connectivity index (χ0n) is 12.1. The Hall–Kier alpha value is -1.05. The number of halogens is 1. The molecule has 0 aliphatic heterocycles. The van der Waals surface area contributed by atoms with Crippen LogP contribution in [0.2, 0.25) is 0 Å². The van der Waals surface area contributed by atoms with E-state index < -0.39 is 0 Å². The van der Waals surface area contributed by atoms with Crippen molar-refractivity contribution in [2.45, 2.75) is 38.3 Å². The smallest absolute Gasteiger partial charge is 0.123 e. The average molecular weight is 337 g/mol. The molecule has 0 amide bonds. The molecule has 20 heavy (non-hydrogen) atoms. The summed E-state index contributed by atoms with van der Waals surface area (Å²) in [6.07, 6.45) is 4.29. The second kappa shape index (κ2) is 7.10. The second-order valence-corrected chi connectivity index (χ2v) is 6.42. The van der Waals surface area contributed by atoms with Crippen LogP contribution < -0.4 is 4.74 Å². The third kappa shape index (κ3) is 3.74. The van der Waals surface area contributed by atoms with Gasteiger partial charge in [-0.2, -0.15) is 5.26 Å². The quantitative estimate of drug-likeness (QED) is 0.834. The average Bonchev–Trinajstić information content (AvgIpc) is 2.47. The first-order valence-corrected chi connectivity index (χ1v) is 7.85. The highest BCUT2D eigenvalue weighted by molar-refractivity contribution is 9.10. The highest BCUT2D eigenvalue weighted by atomic mass is 79.9. The summed E-state index contributed by atoms with van der Waals surface area (Å²) in [7, 11) is 3.88. The van der Waals surface area contributed by atoms with Gasteiger partial charge in [-0.3, -0.25) is 4.90 Å².